The zero-order valence-electron chi connectivity index (χ0n) is 14.4. The van der Waals surface area contributed by atoms with Crippen LogP contribution in [-0.4, -0.2) is 41.3 Å². The van der Waals surface area contributed by atoms with Crippen molar-refractivity contribution in [3.8, 4) is 11.3 Å². The highest BCUT2D eigenvalue weighted by molar-refractivity contribution is 5.99. The highest BCUT2D eigenvalue weighted by Gasteiger charge is 2.10. The molecule has 0 radical (unpaired) electrons. The Balaban J connectivity index is 1.89. The van der Waals surface area contributed by atoms with Crippen molar-refractivity contribution >= 4 is 16.6 Å². The van der Waals surface area contributed by atoms with E-state index in [1.54, 1.807) is 0 Å². The molecule has 4 heteroatoms. The van der Waals surface area contributed by atoms with E-state index < -0.39 is 0 Å². The first kappa shape index (κ1) is 16.4. The van der Waals surface area contributed by atoms with E-state index in [4.69, 9.17) is 0 Å². The molecule has 0 unspecified atom stereocenters. The molecule has 124 valence electrons. The van der Waals surface area contributed by atoms with Gasteiger partial charge in [0, 0.05) is 29.4 Å². The summed E-state index contributed by atoms with van der Waals surface area (Å²) in [5.41, 5.74) is 2.02. The van der Waals surface area contributed by atoms with Crippen LogP contribution in [0, 0.1) is 0 Å². The van der Waals surface area contributed by atoms with Gasteiger partial charge in [-0.05, 0) is 13.1 Å². The molecular weight excluding hydrogens is 296 g/mol. The van der Waals surface area contributed by atoms with Gasteiger partial charge < -0.3 is 10.2 Å². The average Bonchev–Trinajstić information content (AvgIpc) is 2.66. The van der Waals surface area contributed by atoms with Crippen LogP contribution in [0.25, 0.3) is 22.0 Å². The molecule has 3 aromatic rings. The molecule has 0 saturated carbocycles. The summed E-state index contributed by atoms with van der Waals surface area (Å²) in [5, 5.41) is 14.6. The van der Waals surface area contributed by atoms with Gasteiger partial charge in [0.15, 0.2) is 5.82 Å². The van der Waals surface area contributed by atoms with Gasteiger partial charge in [0.1, 0.15) is 5.69 Å². The topological polar surface area (TPSA) is 41.0 Å². The number of nitrogens with one attached hydrogen (secondary N) is 1. The van der Waals surface area contributed by atoms with E-state index in [0.717, 1.165) is 54.0 Å². The Morgan fingerprint density at radius 2 is 1.50 bits per heavy atom. The standard InChI is InChI=1S/C20H24N4/c1-3-24(4-2)15-14-21-20-18-13-9-8-12-17(18)19(22-23-20)16-10-6-5-7-11-16/h5-13H,3-4,14-15H2,1-2H3,(H,21,23). The van der Waals surface area contributed by atoms with Crippen molar-refractivity contribution in [3.05, 3.63) is 54.6 Å². The quantitative estimate of drug-likeness (QED) is 0.713. The average molecular weight is 320 g/mol. The van der Waals surface area contributed by atoms with Crippen LogP contribution in [-0.2, 0) is 0 Å². The van der Waals surface area contributed by atoms with Crippen LogP contribution in [0.2, 0.25) is 0 Å². The summed E-state index contributed by atoms with van der Waals surface area (Å²) in [7, 11) is 0. The molecule has 0 aliphatic heterocycles. The molecule has 0 aliphatic carbocycles. The van der Waals surface area contributed by atoms with Gasteiger partial charge >= 0.3 is 0 Å². The maximum absolute atomic E-state index is 4.49. The monoisotopic (exact) mass is 320 g/mol. The largest absolute Gasteiger partial charge is 0.367 e. The smallest absolute Gasteiger partial charge is 0.156 e. The lowest BCUT2D eigenvalue weighted by atomic mass is 10.0. The van der Waals surface area contributed by atoms with E-state index in [9.17, 15) is 0 Å². The summed E-state index contributed by atoms with van der Waals surface area (Å²) in [6, 6.07) is 18.5. The Morgan fingerprint density at radius 3 is 2.21 bits per heavy atom. The highest BCUT2D eigenvalue weighted by Crippen LogP contribution is 2.29. The van der Waals surface area contributed by atoms with E-state index in [1.807, 2.05) is 24.3 Å². The first-order valence-electron chi connectivity index (χ1n) is 8.60. The van der Waals surface area contributed by atoms with Crippen LogP contribution in [0.4, 0.5) is 5.82 Å². The Bertz CT molecular complexity index is 782. The van der Waals surface area contributed by atoms with Gasteiger partial charge in [-0.15, -0.1) is 10.2 Å². The van der Waals surface area contributed by atoms with Crippen LogP contribution in [0.15, 0.2) is 54.6 Å². The highest BCUT2D eigenvalue weighted by atomic mass is 15.2. The normalized spacial score (nSPS) is 11.1. The first-order chi connectivity index (χ1) is 11.8. The fraction of sp³-hybridized carbons (Fsp3) is 0.300. The fourth-order valence-electron chi connectivity index (χ4n) is 2.92. The van der Waals surface area contributed by atoms with Gasteiger partial charge in [-0.1, -0.05) is 68.4 Å². The third-order valence-electron chi connectivity index (χ3n) is 4.35. The van der Waals surface area contributed by atoms with Crippen LogP contribution in [0.1, 0.15) is 13.8 Å². The molecule has 1 aromatic heterocycles. The van der Waals surface area contributed by atoms with E-state index in [-0.39, 0.29) is 0 Å². The SMILES string of the molecule is CCN(CC)CCNc1nnc(-c2ccccc2)c2ccccc12. The minimum Gasteiger partial charge on any atom is -0.367 e. The van der Waals surface area contributed by atoms with Gasteiger partial charge in [-0.25, -0.2) is 0 Å². The first-order valence-corrected chi connectivity index (χ1v) is 8.60. The molecule has 0 saturated heterocycles. The zero-order chi connectivity index (χ0) is 16.8. The Kier molecular flexibility index (Phi) is 5.39. The van der Waals surface area contributed by atoms with Crippen molar-refractivity contribution in [1.82, 2.24) is 15.1 Å². The molecule has 0 aliphatic rings. The third-order valence-corrected chi connectivity index (χ3v) is 4.35. The number of benzene rings is 2. The number of fused-ring (bicyclic) bond motifs is 1. The second-order valence-corrected chi connectivity index (χ2v) is 5.76. The van der Waals surface area contributed by atoms with Crippen LogP contribution in [0.5, 0.6) is 0 Å². The third kappa shape index (κ3) is 3.54. The van der Waals surface area contributed by atoms with Crippen LogP contribution >= 0.6 is 0 Å². The molecular formula is C20H24N4. The number of anilines is 1. The van der Waals surface area contributed by atoms with E-state index in [2.05, 4.69) is 64.6 Å². The van der Waals surface area contributed by atoms with Gasteiger partial charge in [0.25, 0.3) is 0 Å². The van der Waals surface area contributed by atoms with Crippen molar-refractivity contribution in [2.45, 2.75) is 13.8 Å². The maximum atomic E-state index is 4.49. The molecule has 1 N–H and O–H groups in total. The molecule has 1 heterocycles. The van der Waals surface area contributed by atoms with Crippen molar-refractivity contribution in [3.63, 3.8) is 0 Å². The van der Waals surface area contributed by atoms with Crippen LogP contribution in [0.3, 0.4) is 0 Å². The van der Waals surface area contributed by atoms with Crippen molar-refractivity contribution in [1.29, 1.82) is 0 Å². The van der Waals surface area contributed by atoms with Crippen molar-refractivity contribution in [2.75, 3.05) is 31.5 Å². The fourth-order valence-corrected chi connectivity index (χ4v) is 2.92. The summed E-state index contributed by atoms with van der Waals surface area (Å²) >= 11 is 0. The van der Waals surface area contributed by atoms with Gasteiger partial charge in [-0.3, -0.25) is 0 Å². The summed E-state index contributed by atoms with van der Waals surface area (Å²) in [4.78, 5) is 2.39. The van der Waals surface area contributed by atoms with E-state index >= 15 is 0 Å². The van der Waals surface area contributed by atoms with E-state index in [1.165, 1.54) is 0 Å². The molecule has 0 bridgehead atoms. The second-order valence-electron chi connectivity index (χ2n) is 5.76. The summed E-state index contributed by atoms with van der Waals surface area (Å²) in [6.07, 6.45) is 0. The number of likely N-dealkylation sites (N-methyl/N-ethyl adjacent to an activating group) is 1. The number of nitrogens with zero attached hydrogens (tertiary/aromatic N) is 3. The lowest BCUT2D eigenvalue weighted by Gasteiger charge is -2.18. The predicted octanol–water partition coefficient (Wildman–Crippen LogP) is 4.05. The summed E-state index contributed by atoms with van der Waals surface area (Å²) < 4.78 is 0. The molecule has 4 nitrogen and oxygen atoms in total. The lowest BCUT2D eigenvalue weighted by Crippen LogP contribution is -2.28. The summed E-state index contributed by atoms with van der Waals surface area (Å²) in [6.45, 7) is 8.38. The molecule has 0 amide bonds. The number of hydrogen-bond donors (Lipinski definition) is 1. The van der Waals surface area contributed by atoms with Crippen molar-refractivity contribution < 1.29 is 0 Å². The number of aromatic nitrogens is 2. The minimum atomic E-state index is 0.859. The lowest BCUT2D eigenvalue weighted by molar-refractivity contribution is 0.316. The maximum Gasteiger partial charge on any atom is 0.156 e. The second kappa shape index (κ2) is 7.88. The number of rotatable bonds is 7. The molecule has 0 atom stereocenters. The Hall–Kier alpha value is -2.46. The molecule has 24 heavy (non-hydrogen) atoms. The minimum absolute atomic E-state index is 0.859. The summed E-state index contributed by atoms with van der Waals surface area (Å²) in [5.74, 6) is 0.859. The Labute approximate surface area is 143 Å². The number of hydrogen-bond acceptors (Lipinski definition) is 4. The Morgan fingerprint density at radius 1 is 0.833 bits per heavy atom. The predicted molar refractivity (Wildman–Crippen MR) is 101 cm³/mol. The van der Waals surface area contributed by atoms with Gasteiger partial charge in [0.2, 0.25) is 0 Å². The van der Waals surface area contributed by atoms with E-state index in [0.29, 0.717) is 0 Å². The molecule has 0 spiro atoms. The molecule has 3 rings (SSSR count). The molecule has 2 aromatic carbocycles. The van der Waals surface area contributed by atoms with Crippen molar-refractivity contribution in [2.24, 2.45) is 0 Å². The molecule has 0 fully saturated rings. The van der Waals surface area contributed by atoms with Gasteiger partial charge in [-0.2, -0.15) is 0 Å². The van der Waals surface area contributed by atoms with Gasteiger partial charge in [0.05, 0.1) is 0 Å². The van der Waals surface area contributed by atoms with Crippen LogP contribution < -0.4 is 5.32 Å². The zero-order valence-corrected chi connectivity index (χ0v) is 14.4.